The lowest BCUT2D eigenvalue weighted by Crippen LogP contribution is -2.56. The Morgan fingerprint density at radius 3 is 2.55 bits per heavy atom. The van der Waals surface area contributed by atoms with Crippen molar-refractivity contribution >= 4 is 13.7 Å². The van der Waals surface area contributed by atoms with Crippen LogP contribution in [0.5, 0.6) is 5.75 Å². The summed E-state index contributed by atoms with van der Waals surface area (Å²) in [5.41, 5.74) is -4.53. The summed E-state index contributed by atoms with van der Waals surface area (Å²) in [6.07, 6.45) is 5.08. The van der Waals surface area contributed by atoms with Gasteiger partial charge in [-0.05, 0) is 44.2 Å². The molecule has 5 atom stereocenters. The summed E-state index contributed by atoms with van der Waals surface area (Å²) in [7, 11) is -3.18. The Morgan fingerprint density at radius 2 is 2.00 bits per heavy atom. The summed E-state index contributed by atoms with van der Waals surface area (Å²) in [5, 5.41) is 24.4. The third-order valence-electron chi connectivity index (χ3n) is 5.89. The van der Waals surface area contributed by atoms with Gasteiger partial charge in [-0.2, -0.15) is 5.09 Å². The molecular weight excluding hydrogens is 521 g/mol. The van der Waals surface area contributed by atoms with Gasteiger partial charge in [0.2, 0.25) is 5.72 Å². The summed E-state index contributed by atoms with van der Waals surface area (Å²) >= 11 is 0. The van der Waals surface area contributed by atoms with Crippen LogP contribution in [0, 0.1) is 12.3 Å². The first-order valence-corrected chi connectivity index (χ1v) is 13.3. The summed E-state index contributed by atoms with van der Waals surface area (Å²) in [6, 6.07) is 7.81. The SMILES string of the molecule is C#C[C@@](O)([C@H](O)[C@@H](COP(=O)(N[C@@H](C)C(=O)OC1CCC1)Oc1ccccc1)OC)n1ccc(=O)[nH]c1=O. The van der Waals surface area contributed by atoms with Crippen LogP contribution in [0.15, 0.2) is 52.2 Å². The van der Waals surface area contributed by atoms with Crippen molar-refractivity contribution in [2.45, 2.75) is 56.3 Å². The van der Waals surface area contributed by atoms with E-state index in [9.17, 15) is 29.2 Å². The van der Waals surface area contributed by atoms with Crippen molar-refractivity contribution < 1.29 is 38.1 Å². The van der Waals surface area contributed by atoms with Gasteiger partial charge < -0.3 is 24.2 Å². The van der Waals surface area contributed by atoms with Gasteiger partial charge in [0.25, 0.3) is 5.56 Å². The van der Waals surface area contributed by atoms with E-state index in [2.05, 4.69) is 5.09 Å². The Bertz CT molecular complexity index is 1300. The number of aliphatic hydroxyl groups is 2. The fourth-order valence-corrected chi connectivity index (χ4v) is 4.96. The molecule has 1 unspecified atom stereocenters. The number of H-pyrrole nitrogens is 1. The van der Waals surface area contributed by atoms with Gasteiger partial charge in [0.1, 0.15) is 30.1 Å². The lowest BCUT2D eigenvalue weighted by Gasteiger charge is -2.34. The number of carbonyl (C=O) groups is 1. The molecule has 1 aromatic carbocycles. The maximum absolute atomic E-state index is 13.7. The van der Waals surface area contributed by atoms with Gasteiger partial charge >= 0.3 is 19.4 Å². The van der Waals surface area contributed by atoms with E-state index in [4.69, 9.17) is 24.9 Å². The van der Waals surface area contributed by atoms with Crippen molar-refractivity contribution in [1.29, 1.82) is 0 Å². The molecule has 14 heteroatoms. The predicted molar refractivity (Wildman–Crippen MR) is 134 cm³/mol. The van der Waals surface area contributed by atoms with Crippen molar-refractivity contribution in [2.24, 2.45) is 0 Å². The second-order valence-electron chi connectivity index (χ2n) is 8.61. The van der Waals surface area contributed by atoms with Crippen molar-refractivity contribution in [3.63, 3.8) is 0 Å². The third kappa shape index (κ3) is 6.99. The van der Waals surface area contributed by atoms with Gasteiger partial charge in [-0.25, -0.2) is 9.36 Å². The van der Waals surface area contributed by atoms with Gasteiger partial charge in [-0.15, -0.1) is 6.42 Å². The maximum atomic E-state index is 13.7. The standard InChI is InChI=1S/C24H30N3O10P/c1-4-24(32,27-14-13-20(28)25-23(27)31)21(29)19(34-3)15-35-38(33,37-18-9-6-5-7-10-18)26-16(2)22(30)36-17-11-8-12-17/h1,5-7,9-10,13-14,16-17,19,21,29,32H,8,11-12,15H2,2-3H3,(H,26,33)(H,25,28,31)/t16-,19+,21+,24+,38?/m0/s1. The highest BCUT2D eigenvalue weighted by Crippen LogP contribution is 2.45. The number of methoxy groups -OCH3 is 1. The minimum atomic E-state index is -4.33. The van der Waals surface area contributed by atoms with Crippen molar-refractivity contribution in [1.82, 2.24) is 14.6 Å². The quantitative estimate of drug-likeness (QED) is 0.154. The number of benzene rings is 1. The third-order valence-corrected chi connectivity index (χ3v) is 7.53. The summed E-state index contributed by atoms with van der Waals surface area (Å²) < 4.78 is 35.8. The predicted octanol–water partition coefficient (Wildman–Crippen LogP) is 0.468. The largest absolute Gasteiger partial charge is 0.461 e. The van der Waals surface area contributed by atoms with Crippen LogP contribution >= 0.6 is 7.75 Å². The number of ether oxygens (including phenoxy) is 2. The van der Waals surface area contributed by atoms with Crippen LogP contribution in [0.1, 0.15) is 26.2 Å². The highest BCUT2D eigenvalue weighted by atomic mass is 31.2. The molecule has 1 aliphatic carbocycles. The van der Waals surface area contributed by atoms with E-state index >= 15 is 0 Å². The minimum Gasteiger partial charge on any atom is -0.461 e. The zero-order valence-electron chi connectivity index (χ0n) is 20.8. The summed E-state index contributed by atoms with van der Waals surface area (Å²) in [5.74, 6) is 1.41. The molecule has 0 bridgehead atoms. The van der Waals surface area contributed by atoms with Crippen LogP contribution in [0.25, 0.3) is 0 Å². The number of rotatable bonds is 13. The molecule has 0 aliphatic heterocycles. The van der Waals surface area contributed by atoms with Gasteiger partial charge in [0, 0.05) is 19.4 Å². The Labute approximate surface area is 218 Å². The van der Waals surface area contributed by atoms with Crippen LogP contribution in [-0.4, -0.2) is 63.8 Å². The number of aliphatic hydroxyl groups excluding tert-OH is 1. The maximum Gasteiger partial charge on any atom is 0.459 e. The topological polar surface area (TPSA) is 178 Å². The number of esters is 1. The van der Waals surface area contributed by atoms with Crippen LogP contribution in [0.3, 0.4) is 0 Å². The fraction of sp³-hybridized carbons (Fsp3) is 0.458. The van der Waals surface area contributed by atoms with E-state index < -0.39 is 55.5 Å². The van der Waals surface area contributed by atoms with Gasteiger partial charge in [0.05, 0.1) is 6.61 Å². The van der Waals surface area contributed by atoms with E-state index in [1.807, 2.05) is 10.9 Å². The molecule has 38 heavy (non-hydrogen) atoms. The molecular formula is C24H30N3O10P. The number of terminal acetylenes is 1. The Balaban J connectivity index is 1.80. The average Bonchev–Trinajstić information content (AvgIpc) is 2.86. The Hall–Kier alpha value is -3.24. The van der Waals surface area contributed by atoms with E-state index in [1.54, 1.807) is 18.2 Å². The molecule has 0 radical (unpaired) electrons. The number of para-hydroxylation sites is 1. The van der Waals surface area contributed by atoms with E-state index in [1.165, 1.54) is 19.1 Å². The van der Waals surface area contributed by atoms with Crippen molar-refractivity contribution in [3.05, 3.63) is 63.4 Å². The molecule has 13 nitrogen and oxygen atoms in total. The lowest BCUT2D eigenvalue weighted by atomic mass is 9.96. The first kappa shape index (κ1) is 29.3. The highest BCUT2D eigenvalue weighted by molar-refractivity contribution is 7.52. The number of nitrogens with one attached hydrogen (secondary N) is 2. The molecule has 0 spiro atoms. The lowest BCUT2D eigenvalue weighted by molar-refractivity contribution is -0.155. The minimum absolute atomic E-state index is 0.150. The van der Waals surface area contributed by atoms with Crippen LogP contribution in [0.2, 0.25) is 0 Å². The number of carbonyl (C=O) groups excluding carboxylic acids is 1. The van der Waals surface area contributed by atoms with Crippen LogP contribution < -0.4 is 20.9 Å². The summed E-state index contributed by atoms with van der Waals surface area (Å²) in [6.45, 7) is 0.745. The first-order chi connectivity index (χ1) is 18.0. The second-order valence-corrected chi connectivity index (χ2v) is 10.3. The molecule has 1 aromatic heterocycles. The van der Waals surface area contributed by atoms with Gasteiger partial charge in [-0.1, -0.05) is 18.2 Å². The molecule has 4 N–H and O–H groups in total. The first-order valence-electron chi connectivity index (χ1n) is 11.7. The second kappa shape index (κ2) is 12.5. The zero-order chi connectivity index (χ0) is 27.9. The zero-order valence-corrected chi connectivity index (χ0v) is 21.7. The summed E-state index contributed by atoms with van der Waals surface area (Å²) in [4.78, 5) is 38.0. The smallest absolute Gasteiger partial charge is 0.459 e. The monoisotopic (exact) mass is 551 g/mol. The Kier molecular flexibility index (Phi) is 9.67. The van der Waals surface area contributed by atoms with Gasteiger partial charge in [-0.3, -0.25) is 23.7 Å². The van der Waals surface area contributed by atoms with Gasteiger partial charge in [0.15, 0.2) is 0 Å². The molecule has 1 fully saturated rings. The van der Waals surface area contributed by atoms with E-state index in [0.29, 0.717) is 4.57 Å². The molecule has 1 saturated carbocycles. The van der Waals surface area contributed by atoms with Crippen LogP contribution in [0.4, 0.5) is 0 Å². The van der Waals surface area contributed by atoms with Crippen molar-refractivity contribution in [2.75, 3.05) is 13.7 Å². The highest BCUT2D eigenvalue weighted by Gasteiger charge is 2.44. The van der Waals surface area contributed by atoms with E-state index in [0.717, 1.165) is 38.6 Å². The molecule has 0 saturated heterocycles. The molecule has 0 amide bonds. The molecule has 1 aliphatic rings. The number of hydrogen-bond acceptors (Lipinski definition) is 10. The molecule has 3 rings (SSSR count). The van der Waals surface area contributed by atoms with Crippen molar-refractivity contribution in [3.8, 4) is 18.1 Å². The normalized spacial score (nSPS) is 19.0. The Morgan fingerprint density at radius 1 is 1.32 bits per heavy atom. The number of aromatic amines is 1. The van der Waals surface area contributed by atoms with Crippen LogP contribution in [-0.2, 0) is 29.1 Å². The number of hydrogen-bond donors (Lipinski definition) is 4. The molecule has 1 heterocycles. The fourth-order valence-electron chi connectivity index (χ4n) is 3.46. The average molecular weight is 551 g/mol. The number of aromatic nitrogens is 2. The number of nitrogens with zero attached hydrogens (tertiary/aromatic N) is 1. The molecule has 206 valence electrons. The van der Waals surface area contributed by atoms with E-state index in [-0.39, 0.29) is 11.9 Å². The molecule has 2 aromatic rings.